The highest BCUT2D eigenvalue weighted by Crippen LogP contribution is 2.39. The fourth-order valence-corrected chi connectivity index (χ4v) is 6.16. The number of nitrogens with two attached hydrogens (primary N) is 1. The van der Waals surface area contributed by atoms with E-state index in [2.05, 4.69) is 30.9 Å². The van der Waals surface area contributed by atoms with Crippen LogP contribution >= 0.6 is 22.7 Å². The number of rotatable bonds is 5. The van der Waals surface area contributed by atoms with Gasteiger partial charge in [0.15, 0.2) is 0 Å². The van der Waals surface area contributed by atoms with E-state index in [0.717, 1.165) is 22.4 Å². The van der Waals surface area contributed by atoms with Gasteiger partial charge in [-0.2, -0.15) is 0 Å². The van der Waals surface area contributed by atoms with Gasteiger partial charge in [-0.05, 0) is 79.8 Å². The second-order valence-electron chi connectivity index (χ2n) is 8.10. The smallest absolute Gasteiger partial charge is 0.147 e. The maximum absolute atomic E-state index is 15.0. The summed E-state index contributed by atoms with van der Waals surface area (Å²) in [5, 5.41) is 0. The number of nitrogen functional groups attached to an aromatic ring is 1. The van der Waals surface area contributed by atoms with Gasteiger partial charge in [-0.3, -0.25) is 0 Å². The first kappa shape index (κ1) is 22.5. The Morgan fingerprint density at radius 3 is 2.31 bits per heavy atom. The van der Waals surface area contributed by atoms with Crippen LogP contribution < -0.4 is 5.73 Å². The Labute approximate surface area is 195 Å². The topological polar surface area (TPSA) is 26.0 Å². The highest BCUT2D eigenvalue weighted by Gasteiger charge is 2.12. The second-order valence-corrected chi connectivity index (χ2v) is 10.3. The Hall–Kier alpha value is -2.68. The second kappa shape index (κ2) is 9.44. The summed E-state index contributed by atoms with van der Waals surface area (Å²) in [6, 6.07) is 10.9. The Morgan fingerprint density at radius 1 is 0.844 bits per heavy atom. The normalized spacial score (nSPS) is 11.0. The molecule has 0 amide bonds. The maximum Gasteiger partial charge on any atom is 0.147 e. The lowest BCUT2D eigenvalue weighted by atomic mass is 10.0. The van der Waals surface area contributed by atoms with E-state index in [1.165, 1.54) is 39.6 Å². The van der Waals surface area contributed by atoms with Crippen molar-refractivity contribution in [1.29, 1.82) is 0 Å². The van der Waals surface area contributed by atoms with Crippen LogP contribution in [0, 0.1) is 37.3 Å². The van der Waals surface area contributed by atoms with Crippen LogP contribution in [0.25, 0.3) is 19.8 Å². The largest absolute Gasteiger partial charge is 0.396 e. The van der Waals surface area contributed by atoms with Gasteiger partial charge in [0.1, 0.15) is 11.6 Å². The minimum atomic E-state index is -0.506. The molecule has 4 rings (SSSR count). The van der Waals surface area contributed by atoms with E-state index in [9.17, 15) is 8.78 Å². The molecule has 0 unspecified atom stereocenters. The van der Waals surface area contributed by atoms with Gasteiger partial charge in [0.25, 0.3) is 0 Å². The fourth-order valence-electron chi connectivity index (χ4n) is 3.71. The number of unbranched alkanes of at least 4 members (excludes halogenated alkanes) is 2. The van der Waals surface area contributed by atoms with E-state index in [-0.39, 0.29) is 11.5 Å². The standard InChI is InChI=1S/C27H25F2NS2/c1-4-5-6-7-20-14-25-26(31-20)15-24(32-25)19-11-16(2)21(22(28)13-19)9-8-18-10-17(3)27(30)23(29)12-18/h10-15H,4-7,30H2,1-3H3. The molecule has 164 valence electrons. The molecular weight excluding hydrogens is 440 g/mol. The van der Waals surface area contributed by atoms with Crippen LogP contribution in [0.3, 0.4) is 0 Å². The van der Waals surface area contributed by atoms with Gasteiger partial charge in [-0.1, -0.05) is 31.6 Å². The van der Waals surface area contributed by atoms with Gasteiger partial charge < -0.3 is 5.73 Å². The minimum Gasteiger partial charge on any atom is -0.396 e. The number of halogens is 2. The van der Waals surface area contributed by atoms with Crippen molar-refractivity contribution in [2.45, 2.75) is 46.5 Å². The molecule has 0 bridgehead atoms. The molecule has 0 aliphatic heterocycles. The van der Waals surface area contributed by atoms with Gasteiger partial charge in [-0.25, -0.2) is 8.78 Å². The number of benzene rings is 2. The summed E-state index contributed by atoms with van der Waals surface area (Å²) in [5.74, 6) is 4.88. The summed E-state index contributed by atoms with van der Waals surface area (Å²) in [5.41, 5.74) is 8.82. The molecule has 32 heavy (non-hydrogen) atoms. The molecule has 0 spiro atoms. The van der Waals surface area contributed by atoms with Crippen molar-refractivity contribution in [1.82, 2.24) is 0 Å². The quantitative estimate of drug-likeness (QED) is 0.179. The monoisotopic (exact) mass is 465 g/mol. The van der Waals surface area contributed by atoms with Gasteiger partial charge >= 0.3 is 0 Å². The first-order valence-electron chi connectivity index (χ1n) is 10.8. The highest BCUT2D eigenvalue weighted by atomic mass is 32.1. The third kappa shape index (κ3) is 4.72. The van der Waals surface area contributed by atoms with Crippen LogP contribution in [0.2, 0.25) is 0 Å². The number of aryl methyl sites for hydroxylation is 3. The maximum atomic E-state index is 15.0. The molecular formula is C27H25F2NS2. The summed E-state index contributed by atoms with van der Waals surface area (Å²) in [6.45, 7) is 5.80. The summed E-state index contributed by atoms with van der Waals surface area (Å²) < 4.78 is 31.3. The summed E-state index contributed by atoms with van der Waals surface area (Å²) in [6.07, 6.45) is 4.85. The molecule has 2 N–H and O–H groups in total. The van der Waals surface area contributed by atoms with E-state index in [1.807, 2.05) is 24.3 Å². The van der Waals surface area contributed by atoms with Crippen LogP contribution in [-0.2, 0) is 6.42 Å². The third-order valence-corrected chi connectivity index (χ3v) is 7.93. The van der Waals surface area contributed by atoms with Crippen LogP contribution in [0.1, 0.15) is 53.3 Å². The average molecular weight is 466 g/mol. The number of anilines is 1. The van der Waals surface area contributed by atoms with E-state index in [1.54, 1.807) is 30.4 Å². The number of hydrogen-bond acceptors (Lipinski definition) is 3. The third-order valence-electron chi connectivity index (χ3n) is 5.52. The van der Waals surface area contributed by atoms with Crippen LogP contribution in [0.4, 0.5) is 14.5 Å². The van der Waals surface area contributed by atoms with Crippen molar-refractivity contribution in [3.63, 3.8) is 0 Å². The van der Waals surface area contributed by atoms with Crippen LogP contribution in [-0.4, -0.2) is 0 Å². The lowest BCUT2D eigenvalue weighted by Gasteiger charge is -2.05. The Morgan fingerprint density at radius 2 is 1.62 bits per heavy atom. The molecule has 0 atom stereocenters. The van der Waals surface area contributed by atoms with E-state index < -0.39 is 5.82 Å². The molecule has 0 aliphatic carbocycles. The van der Waals surface area contributed by atoms with Crippen molar-refractivity contribution in [3.8, 4) is 22.3 Å². The van der Waals surface area contributed by atoms with Crippen molar-refractivity contribution in [3.05, 3.63) is 75.2 Å². The SMILES string of the molecule is CCCCCc1cc2sc(-c3cc(C)c(C#Cc4cc(C)c(N)c(F)c4)c(F)c3)cc2s1. The molecule has 0 radical (unpaired) electrons. The first-order chi connectivity index (χ1) is 15.4. The van der Waals surface area contributed by atoms with Gasteiger partial charge in [0.05, 0.1) is 11.3 Å². The van der Waals surface area contributed by atoms with Crippen LogP contribution in [0.15, 0.2) is 36.4 Å². The Kier molecular flexibility index (Phi) is 6.64. The van der Waals surface area contributed by atoms with Gasteiger partial charge in [0, 0.05) is 24.7 Å². The fraction of sp³-hybridized carbons (Fsp3) is 0.259. The first-order valence-corrected chi connectivity index (χ1v) is 12.4. The van der Waals surface area contributed by atoms with Gasteiger partial charge in [0.2, 0.25) is 0 Å². The van der Waals surface area contributed by atoms with Crippen molar-refractivity contribution < 1.29 is 8.78 Å². The van der Waals surface area contributed by atoms with E-state index in [0.29, 0.717) is 16.7 Å². The lowest BCUT2D eigenvalue weighted by Crippen LogP contribution is -1.95. The zero-order chi connectivity index (χ0) is 22.8. The summed E-state index contributed by atoms with van der Waals surface area (Å²) in [4.78, 5) is 2.48. The Bertz CT molecular complexity index is 1270. The molecule has 0 aliphatic rings. The molecule has 5 heteroatoms. The number of thiophene rings is 2. The molecule has 0 saturated heterocycles. The minimum absolute atomic E-state index is 0.117. The zero-order valence-electron chi connectivity index (χ0n) is 18.4. The molecule has 1 nitrogen and oxygen atoms in total. The molecule has 2 aromatic heterocycles. The number of fused-ring (bicyclic) bond motifs is 1. The number of hydrogen-bond donors (Lipinski definition) is 1. The Balaban J connectivity index is 1.60. The van der Waals surface area contributed by atoms with Crippen molar-refractivity contribution >= 4 is 37.8 Å². The molecule has 0 saturated carbocycles. The van der Waals surface area contributed by atoms with Crippen molar-refractivity contribution in [2.24, 2.45) is 0 Å². The van der Waals surface area contributed by atoms with Gasteiger partial charge in [-0.15, -0.1) is 22.7 Å². The summed E-state index contributed by atoms with van der Waals surface area (Å²) in [7, 11) is 0. The average Bonchev–Trinajstić information content (AvgIpc) is 3.30. The molecule has 2 aromatic carbocycles. The zero-order valence-corrected chi connectivity index (χ0v) is 20.1. The molecule has 0 fully saturated rings. The van der Waals surface area contributed by atoms with E-state index in [4.69, 9.17) is 5.73 Å². The van der Waals surface area contributed by atoms with Crippen molar-refractivity contribution in [2.75, 3.05) is 5.73 Å². The van der Waals surface area contributed by atoms with E-state index >= 15 is 0 Å². The molecule has 2 heterocycles. The predicted molar refractivity (Wildman–Crippen MR) is 135 cm³/mol. The summed E-state index contributed by atoms with van der Waals surface area (Å²) >= 11 is 3.54. The molecule has 4 aromatic rings. The lowest BCUT2D eigenvalue weighted by molar-refractivity contribution is 0.623. The highest BCUT2D eigenvalue weighted by molar-refractivity contribution is 7.29. The van der Waals surface area contributed by atoms with Crippen LogP contribution in [0.5, 0.6) is 0 Å². The predicted octanol–water partition coefficient (Wildman–Crippen LogP) is 8.24.